The molecular formula is C26H32N8O2. The number of benzene rings is 1. The van der Waals surface area contributed by atoms with E-state index in [-0.39, 0.29) is 17.5 Å². The first-order chi connectivity index (χ1) is 17.2. The van der Waals surface area contributed by atoms with Crippen molar-refractivity contribution in [2.75, 3.05) is 23.7 Å². The number of amides is 1. The number of hydrogen-bond donors (Lipinski definition) is 4. The molecule has 1 unspecified atom stereocenters. The summed E-state index contributed by atoms with van der Waals surface area (Å²) in [5.41, 5.74) is 4.42. The number of rotatable bonds is 8. The van der Waals surface area contributed by atoms with Gasteiger partial charge in [0, 0.05) is 35.6 Å². The molecule has 0 saturated carbocycles. The molecule has 2 aromatic heterocycles. The predicted octanol–water partition coefficient (Wildman–Crippen LogP) is 4.19. The molecule has 1 aliphatic rings. The summed E-state index contributed by atoms with van der Waals surface area (Å²) in [5.74, 6) is 0.789. The van der Waals surface area contributed by atoms with Crippen molar-refractivity contribution in [3.8, 4) is 0 Å². The van der Waals surface area contributed by atoms with Crippen LogP contribution in [0.3, 0.4) is 0 Å². The lowest BCUT2D eigenvalue weighted by molar-refractivity contribution is 0.0941. The minimum atomic E-state index is -0.424. The van der Waals surface area contributed by atoms with Crippen molar-refractivity contribution in [3.63, 3.8) is 0 Å². The molecule has 0 fully saturated rings. The maximum absolute atomic E-state index is 13.0. The van der Waals surface area contributed by atoms with Crippen LogP contribution in [0.15, 0.2) is 47.8 Å². The molecule has 0 saturated heterocycles. The van der Waals surface area contributed by atoms with E-state index in [1.165, 1.54) is 17.3 Å². The molecule has 4 rings (SSSR count). The number of nitrogens with zero attached hydrogens (tertiary/aromatic N) is 4. The number of hydrogen-bond acceptors (Lipinski definition) is 9. The fraction of sp³-hybridized carbons (Fsp3) is 0.385. The van der Waals surface area contributed by atoms with Crippen molar-refractivity contribution in [1.82, 2.24) is 25.6 Å². The van der Waals surface area contributed by atoms with Crippen molar-refractivity contribution in [1.29, 1.82) is 0 Å². The van der Waals surface area contributed by atoms with Gasteiger partial charge in [0.1, 0.15) is 23.7 Å². The zero-order valence-corrected chi connectivity index (χ0v) is 21.1. The molecule has 1 aliphatic heterocycles. The van der Waals surface area contributed by atoms with Crippen LogP contribution in [-0.2, 0) is 18.4 Å². The zero-order valence-electron chi connectivity index (χ0n) is 21.1. The fourth-order valence-electron chi connectivity index (χ4n) is 3.89. The van der Waals surface area contributed by atoms with Gasteiger partial charge in [-0.25, -0.2) is 9.97 Å². The first kappa shape index (κ1) is 25.2. The third-order valence-corrected chi connectivity index (χ3v) is 5.87. The monoisotopic (exact) mass is 488 g/mol. The van der Waals surface area contributed by atoms with E-state index in [1.54, 1.807) is 6.92 Å². The van der Waals surface area contributed by atoms with E-state index in [4.69, 9.17) is 4.98 Å². The minimum absolute atomic E-state index is 0.0304. The summed E-state index contributed by atoms with van der Waals surface area (Å²) in [6, 6.07) is 11.5. The van der Waals surface area contributed by atoms with Crippen molar-refractivity contribution in [2.24, 2.45) is 5.18 Å². The number of pyridine rings is 1. The highest BCUT2D eigenvalue weighted by Crippen LogP contribution is 2.26. The Balaban J connectivity index is 1.64. The molecule has 1 amide bonds. The Bertz CT molecular complexity index is 1250. The second-order valence-corrected chi connectivity index (χ2v) is 9.96. The summed E-state index contributed by atoms with van der Waals surface area (Å²) in [6.45, 7) is 9.73. The van der Waals surface area contributed by atoms with Gasteiger partial charge in [0.2, 0.25) is 5.95 Å². The third kappa shape index (κ3) is 6.19. The van der Waals surface area contributed by atoms with Gasteiger partial charge in [-0.15, -0.1) is 0 Å². The molecule has 0 radical (unpaired) electrons. The quantitative estimate of drug-likeness (QED) is 0.347. The van der Waals surface area contributed by atoms with Gasteiger partial charge >= 0.3 is 0 Å². The van der Waals surface area contributed by atoms with Crippen LogP contribution in [-0.4, -0.2) is 40.0 Å². The first-order valence-corrected chi connectivity index (χ1v) is 12.0. The van der Waals surface area contributed by atoms with Gasteiger partial charge in [-0.2, -0.15) is 9.89 Å². The summed E-state index contributed by atoms with van der Waals surface area (Å²) < 4.78 is 0. The summed E-state index contributed by atoms with van der Waals surface area (Å²) in [7, 11) is 0. The lowest BCUT2D eigenvalue weighted by Gasteiger charge is -2.19. The second kappa shape index (κ2) is 10.8. The lowest BCUT2D eigenvalue weighted by atomic mass is 9.92. The Kier molecular flexibility index (Phi) is 7.54. The smallest absolute Gasteiger partial charge is 0.256 e. The lowest BCUT2D eigenvalue weighted by Crippen LogP contribution is -2.35. The summed E-state index contributed by atoms with van der Waals surface area (Å²) in [4.78, 5) is 37.3. The van der Waals surface area contributed by atoms with E-state index >= 15 is 0 Å². The number of nitrogens with one attached hydrogen (secondary N) is 4. The minimum Gasteiger partial charge on any atom is -0.347 e. The molecule has 1 atom stereocenters. The Labute approximate surface area is 210 Å². The summed E-state index contributed by atoms with van der Waals surface area (Å²) >= 11 is 0. The van der Waals surface area contributed by atoms with E-state index in [9.17, 15) is 9.70 Å². The Morgan fingerprint density at radius 3 is 2.75 bits per heavy atom. The molecule has 0 aliphatic carbocycles. The van der Waals surface area contributed by atoms with E-state index in [1.807, 2.05) is 24.3 Å². The van der Waals surface area contributed by atoms with Crippen LogP contribution in [0.2, 0.25) is 0 Å². The van der Waals surface area contributed by atoms with E-state index in [0.717, 1.165) is 30.9 Å². The topological polar surface area (TPSA) is 133 Å². The Morgan fingerprint density at radius 1 is 1.14 bits per heavy atom. The zero-order chi connectivity index (χ0) is 25.7. The molecule has 0 bridgehead atoms. The van der Waals surface area contributed by atoms with Crippen molar-refractivity contribution >= 4 is 29.2 Å². The SMILES string of the molecule is CC(CN=O)NC(=O)c1cnc(Nc2ccc3c(c2)CNCC3)nc1Nc1cccc(C(C)(C)C)n1. The highest BCUT2D eigenvalue weighted by molar-refractivity contribution is 5.99. The molecule has 188 valence electrons. The van der Waals surface area contributed by atoms with Gasteiger partial charge in [0.25, 0.3) is 5.91 Å². The van der Waals surface area contributed by atoms with Crippen LogP contribution >= 0.6 is 0 Å². The van der Waals surface area contributed by atoms with Crippen molar-refractivity contribution in [2.45, 2.75) is 52.1 Å². The van der Waals surface area contributed by atoms with Gasteiger partial charge in [-0.3, -0.25) is 4.79 Å². The molecule has 10 heteroatoms. The van der Waals surface area contributed by atoms with Crippen molar-refractivity contribution < 1.29 is 4.79 Å². The van der Waals surface area contributed by atoms with Gasteiger partial charge in [0.05, 0.1) is 0 Å². The van der Waals surface area contributed by atoms with Gasteiger partial charge in [-0.05, 0) is 55.3 Å². The van der Waals surface area contributed by atoms with Gasteiger partial charge in [0.15, 0.2) is 0 Å². The molecule has 10 nitrogen and oxygen atoms in total. The average molecular weight is 489 g/mol. The number of carbonyl (C=O) groups excluding carboxylic acids is 1. The number of nitroso groups, excluding NO2 is 1. The third-order valence-electron chi connectivity index (χ3n) is 5.87. The van der Waals surface area contributed by atoms with Crippen LogP contribution in [0.5, 0.6) is 0 Å². The van der Waals surface area contributed by atoms with Crippen LogP contribution in [0.1, 0.15) is 54.9 Å². The van der Waals surface area contributed by atoms with Gasteiger partial charge < -0.3 is 21.3 Å². The summed E-state index contributed by atoms with van der Waals surface area (Å²) in [6.07, 6.45) is 2.46. The molecule has 3 aromatic rings. The largest absolute Gasteiger partial charge is 0.347 e. The molecule has 1 aromatic carbocycles. The fourth-order valence-corrected chi connectivity index (χ4v) is 3.89. The molecular weight excluding hydrogens is 456 g/mol. The van der Waals surface area contributed by atoms with Gasteiger partial charge in [-0.1, -0.05) is 38.1 Å². The normalized spacial score (nSPS) is 13.9. The van der Waals surface area contributed by atoms with E-state index in [0.29, 0.717) is 17.6 Å². The maximum Gasteiger partial charge on any atom is 0.256 e. The van der Waals surface area contributed by atoms with E-state index in [2.05, 4.69) is 69.3 Å². The molecule has 0 spiro atoms. The van der Waals surface area contributed by atoms with Crippen LogP contribution in [0, 0.1) is 4.91 Å². The van der Waals surface area contributed by atoms with Crippen LogP contribution in [0.4, 0.5) is 23.3 Å². The predicted molar refractivity (Wildman–Crippen MR) is 141 cm³/mol. The Morgan fingerprint density at radius 2 is 1.97 bits per heavy atom. The molecule has 4 N–H and O–H groups in total. The van der Waals surface area contributed by atoms with Crippen LogP contribution < -0.4 is 21.3 Å². The van der Waals surface area contributed by atoms with Crippen LogP contribution in [0.25, 0.3) is 0 Å². The number of carbonyl (C=O) groups is 1. The highest BCUT2D eigenvalue weighted by Gasteiger charge is 2.20. The maximum atomic E-state index is 13.0. The van der Waals surface area contributed by atoms with Crippen molar-refractivity contribution in [3.05, 3.63) is 69.9 Å². The van der Waals surface area contributed by atoms with E-state index < -0.39 is 11.9 Å². The molecule has 36 heavy (non-hydrogen) atoms. The average Bonchev–Trinajstić information content (AvgIpc) is 2.84. The second-order valence-electron chi connectivity index (χ2n) is 9.96. The number of anilines is 4. The number of aromatic nitrogens is 3. The number of fused-ring (bicyclic) bond motifs is 1. The first-order valence-electron chi connectivity index (χ1n) is 12.0. The molecule has 3 heterocycles. The summed E-state index contributed by atoms with van der Waals surface area (Å²) in [5, 5.41) is 15.4. The highest BCUT2D eigenvalue weighted by atomic mass is 16.3. The Hall–Kier alpha value is -3.92. The standard InChI is InChI=1S/C26H32N8O2/c1-16(13-29-36)30-24(35)20-15-28-25(31-19-9-8-17-10-11-27-14-18(17)12-19)34-23(20)33-22-7-5-6-21(32-22)26(2,3)4/h5-9,12,15-16,27H,10-11,13-14H2,1-4H3,(H,30,35)(H2,28,31,32,33,34).